The van der Waals surface area contributed by atoms with Gasteiger partial charge in [0.2, 0.25) is 0 Å². The molecule has 3 rings (SSSR count). The van der Waals surface area contributed by atoms with E-state index in [4.69, 9.17) is 0 Å². The Morgan fingerprint density at radius 2 is 2.05 bits per heavy atom. The van der Waals surface area contributed by atoms with Crippen molar-refractivity contribution in [3.8, 4) is 0 Å². The summed E-state index contributed by atoms with van der Waals surface area (Å²) in [5, 5.41) is 3.54. The first-order valence-corrected chi connectivity index (χ1v) is 7.07. The SMILES string of the molecule is CC(c1ccc(F)c(F)c1)N1CCC2NCCC2C1.Cl. The number of nitrogens with zero attached hydrogens (tertiary/aromatic N) is 1. The summed E-state index contributed by atoms with van der Waals surface area (Å²) in [4.78, 5) is 2.39. The maximum Gasteiger partial charge on any atom is 0.159 e. The number of hydrogen-bond acceptors (Lipinski definition) is 2. The van der Waals surface area contributed by atoms with Crippen molar-refractivity contribution in [1.29, 1.82) is 0 Å². The number of halogens is 3. The van der Waals surface area contributed by atoms with Gasteiger partial charge in [-0.05, 0) is 49.9 Å². The quantitative estimate of drug-likeness (QED) is 0.903. The number of nitrogens with one attached hydrogen (secondary N) is 1. The number of fused-ring (bicyclic) bond motifs is 1. The van der Waals surface area contributed by atoms with Gasteiger partial charge < -0.3 is 5.32 Å². The Kier molecular flexibility index (Phi) is 4.99. The van der Waals surface area contributed by atoms with Crippen LogP contribution >= 0.6 is 12.4 Å². The van der Waals surface area contributed by atoms with Crippen LogP contribution in [0.5, 0.6) is 0 Å². The minimum absolute atomic E-state index is 0. The van der Waals surface area contributed by atoms with E-state index in [2.05, 4.69) is 17.1 Å². The Morgan fingerprint density at radius 3 is 2.80 bits per heavy atom. The lowest BCUT2D eigenvalue weighted by Crippen LogP contribution is -2.45. The maximum absolute atomic E-state index is 13.3. The van der Waals surface area contributed by atoms with Gasteiger partial charge in [0.05, 0.1) is 0 Å². The summed E-state index contributed by atoms with van der Waals surface area (Å²) in [6.07, 6.45) is 2.38. The molecule has 1 aromatic rings. The first-order valence-electron chi connectivity index (χ1n) is 7.07. The van der Waals surface area contributed by atoms with Crippen molar-refractivity contribution in [2.75, 3.05) is 19.6 Å². The first kappa shape index (κ1) is 15.7. The molecule has 0 aliphatic carbocycles. The molecule has 2 fully saturated rings. The highest BCUT2D eigenvalue weighted by Crippen LogP contribution is 2.30. The Bertz CT molecular complexity index is 469. The third-order valence-corrected chi connectivity index (χ3v) is 4.66. The standard InChI is InChI=1S/C15H20F2N2.ClH/c1-10(11-2-3-13(16)14(17)8-11)19-7-5-15-12(9-19)4-6-18-15;/h2-3,8,10,12,15,18H,4-7,9H2,1H3;1H. The molecule has 5 heteroatoms. The lowest BCUT2D eigenvalue weighted by atomic mass is 9.91. The molecule has 112 valence electrons. The second kappa shape index (κ2) is 6.37. The van der Waals surface area contributed by atoms with Gasteiger partial charge in [0.25, 0.3) is 0 Å². The van der Waals surface area contributed by atoms with Crippen LogP contribution in [0.15, 0.2) is 18.2 Å². The van der Waals surface area contributed by atoms with E-state index in [0.717, 1.165) is 31.6 Å². The lowest BCUT2D eigenvalue weighted by molar-refractivity contribution is 0.122. The summed E-state index contributed by atoms with van der Waals surface area (Å²) in [7, 11) is 0. The number of benzene rings is 1. The van der Waals surface area contributed by atoms with Crippen molar-refractivity contribution >= 4 is 12.4 Å². The molecule has 0 spiro atoms. The van der Waals surface area contributed by atoms with Crippen LogP contribution in [0.3, 0.4) is 0 Å². The Hall–Kier alpha value is -0.710. The molecule has 2 heterocycles. The second-order valence-electron chi connectivity index (χ2n) is 5.74. The van der Waals surface area contributed by atoms with Gasteiger partial charge >= 0.3 is 0 Å². The summed E-state index contributed by atoms with van der Waals surface area (Å²) in [5.74, 6) is -0.807. The lowest BCUT2D eigenvalue weighted by Gasteiger charge is -2.38. The van der Waals surface area contributed by atoms with Crippen molar-refractivity contribution < 1.29 is 8.78 Å². The molecule has 1 aromatic carbocycles. The number of piperidine rings is 1. The zero-order chi connectivity index (χ0) is 13.4. The maximum atomic E-state index is 13.3. The monoisotopic (exact) mass is 302 g/mol. The molecule has 2 aliphatic heterocycles. The molecule has 2 nitrogen and oxygen atoms in total. The van der Waals surface area contributed by atoms with Crippen molar-refractivity contribution in [3.63, 3.8) is 0 Å². The van der Waals surface area contributed by atoms with Crippen LogP contribution in [0.25, 0.3) is 0 Å². The number of hydrogen-bond donors (Lipinski definition) is 1. The van der Waals surface area contributed by atoms with Crippen LogP contribution in [0.4, 0.5) is 8.78 Å². The summed E-state index contributed by atoms with van der Waals surface area (Å²) in [6, 6.07) is 5.07. The second-order valence-corrected chi connectivity index (χ2v) is 5.74. The zero-order valence-electron chi connectivity index (χ0n) is 11.6. The fourth-order valence-electron chi connectivity index (χ4n) is 3.41. The van der Waals surface area contributed by atoms with Crippen molar-refractivity contribution in [2.24, 2.45) is 5.92 Å². The van der Waals surface area contributed by atoms with Gasteiger partial charge in [0.1, 0.15) is 0 Å². The molecular formula is C15H21ClF2N2. The van der Waals surface area contributed by atoms with Gasteiger partial charge in [-0.25, -0.2) is 8.78 Å². The normalized spacial score (nSPS) is 27.8. The van der Waals surface area contributed by atoms with Crippen LogP contribution in [0.1, 0.15) is 31.4 Å². The van der Waals surface area contributed by atoms with Gasteiger partial charge in [-0.3, -0.25) is 4.90 Å². The Labute approximate surface area is 124 Å². The zero-order valence-corrected chi connectivity index (χ0v) is 12.4. The topological polar surface area (TPSA) is 15.3 Å². The molecule has 0 aromatic heterocycles. The largest absolute Gasteiger partial charge is 0.314 e. The number of likely N-dealkylation sites (tertiary alicyclic amines) is 1. The minimum Gasteiger partial charge on any atom is -0.314 e. The van der Waals surface area contributed by atoms with Crippen molar-refractivity contribution in [2.45, 2.75) is 31.8 Å². The third-order valence-electron chi connectivity index (χ3n) is 4.66. The molecule has 20 heavy (non-hydrogen) atoms. The molecule has 2 saturated heterocycles. The van der Waals surface area contributed by atoms with E-state index in [9.17, 15) is 8.78 Å². The molecular weight excluding hydrogens is 282 g/mol. The fourth-order valence-corrected chi connectivity index (χ4v) is 3.41. The molecule has 0 bridgehead atoms. The Morgan fingerprint density at radius 1 is 1.25 bits per heavy atom. The minimum atomic E-state index is -0.769. The van der Waals surface area contributed by atoms with E-state index in [1.54, 1.807) is 6.07 Å². The predicted molar refractivity (Wildman–Crippen MR) is 78.1 cm³/mol. The van der Waals surface area contributed by atoms with E-state index >= 15 is 0 Å². The van der Waals surface area contributed by atoms with E-state index in [0.29, 0.717) is 12.0 Å². The average Bonchev–Trinajstić information content (AvgIpc) is 2.88. The predicted octanol–water partition coefficient (Wildman–Crippen LogP) is 3.13. The van der Waals surface area contributed by atoms with E-state index in [-0.39, 0.29) is 18.4 Å². The summed E-state index contributed by atoms with van der Waals surface area (Å²) >= 11 is 0. The summed E-state index contributed by atoms with van der Waals surface area (Å²) in [6.45, 7) is 5.27. The van der Waals surface area contributed by atoms with Crippen LogP contribution in [0.2, 0.25) is 0 Å². The van der Waals surface area contributed by atoms with E-state index in [1.165, 1.54) is 18.6 Å². The van der Waals surface area contributed by atoms with Crippen LogP contribution < -0.4 is 5.32 Å². The van der Waals surface area contributed by atoms with Crippen LogP contribution in [0, 0.1) is 17.6 Å². The summed E-state index contributed by atoms with van der Waals surface area (Å²) < 4.78 is 26.3. The molecule has 3 unspecified atom stereocenters. The van der Waals surface area contributed by atoms with Gasteiger partial charge in [-0.2, -0.15) is 0 Å². The highest BCUT2D eigenvalue weighted by Gasteiger charge is 2.34. The molecule has 1 N–H and O–H groups in total. The summed E-state index contributed by atoms with van der Waals surface area (Å²) in [5.41, 5.74) is 0.864. The molecule has 2 aliphatic rings. The number of rotatable bonds is 2. The molecule has 3 atom stereocenters. The smallest absolute Gasteiger partial charge is 0.159 e. The van der Waals surface area contributed by atoms with Gasteiger partial charge in [-0.1, -0.05) is 6.07 Å². The van der Waals surface area contributed by atoms with Crippen LogP contribution in [-0.2, 0) is 0 Å². The van der Waals surface area contributed by atoms with Crippen molar-refractivity contribution in [3.05, 3.63) is 35.4 Å². The van der Waals surface area contributed by atoms with Gasteiger partial charge in [-0.15, -0.1) is 12.4 Å². The van der Waals surface area contributed by atoms with Gasteiger partial charge in [0.15, 0.2) is 11.6 Å². The highest BCUT2D eigenvalue weighted by molar-refractivity contribution is 5.85. The molecule has 0 radical (unpaired) electrons. The van der Waals surface area contributed by atoms with E-state index < -0.39 is 11.6 Å². The third kappa shape index (κ3) is 2.97. The molecule has 0 amide bonds. The van der Waals surface area contributed by atoms with Crippen LogP contribution in [-0.4, -0.2) is 30.6 Å². The first-order chi connectivity index (χ1) is 9.15. The highest BCUT2D eigenvalue weighted by atomic mass is 35.5. The average molecular weight is 303 g/mol. The fraction of sp³-hybridized carbons (Fsp3) is 0.600. The molecule has 0 saturated carbocycles. The van der Waals surface area contributed by atoms with Gasteiger partial charge in [0, 0.05) is 25.2 Å². The Balaban J connectivity index is 0.00000147. The van der Waals surface area contributed by atoms with E-state index in [1.807, 2.05) is 0 Å². The van der Waals surface area contributed by atoms with Crippen molar-refractivity contribution in [1.82, 2.24) is 10.2 Å².